The van der Waals surface area contributed by atoms with E-state index >= 15 is 0 Å². The van der Waals surface area contributed by atoms with E-state index in [-0.39, 0.29) is 0 Å². The lowest BCUT2D eigenvalue weighted by molar-refractivity contribution is 0.322. The summed E-state index contributed by atoms with van der Waals surface area (Å²) in [6.07, 6.45) is 4.53. The van der Waals surface area contributed by atoms with Gasteiger partial charge < -0.3 is 4.90 Å². The van der Waals surface area contributed by atoms with Crippen LogP contribution in [0.25, 0.3) is 0 Å². The zero-order chi connectivity index (χ0) is 10.8. The third-order valence-corrected chi connectivity index (χ3v) is 3.54. The number of hydrogen-bond donors (Lipinski definition) is 0. The molecule has 2 atom stereocenters. The fourth-order valence-corrected chi connectivity index (χ4v) is 2.21. The molecule has 0 aromatic carbocycles. The molecule has 15 heavy (non-hydrogen) atoms. The number of hydrogen-bond acceptors (Lipinski definition) is 3. The maximum Gasteiger partial charge on any atom is 0.171 e. The summed E-state index contributed by atoms with van der Waals surface area (Å²) in [7, 11) is 0. The molecule has 1 aliphatic rings. The van der Waals surface area contributed by atoms with Crippen molar-refractivity contribution in [2.45, 2.75) is 20.3 Å². The lowest BCUT2D eigenvalue weighted by atomic mass is 9.89. The summed E-state index contributed by atoms with van der Waals surface area (Å²) in [6.45, 7) is 6.64. The average molecular weight is 226 g/mol. The summed E-state index contributed by atoms with van der Waals surface area (Å²) in [5.41, 5.74) is 0. The van der Waals surface area contributed by atoms with Gasteiger partial charge in [0.2, 0.25) is 0 Å². The molecule has 1 aliphatic heterocycles. The first-order chi connectivity index (χ1) is 7.18. The van der Waals surface area contributed by atoms with Gasteiger partial charge in [0.15, 0.2) is 11.0 Å². The highest BCUT2D eigenvalue weighted by Crippen LogP contribution is 2.28. The Morgan fingerprint density at radius 3 is 2.67 bits per heavy atom. The highest BCUT2D eigenvalue weighted by Gasteiger charge is 2.24. The van der Waals surface area contributed by atoms with Gasteiger partial charge in [-0.2, -0.15) is 0 Å². The van der Waals surface area contributed by atoms with E-state index in [4.69, 9.17) is 11.6 Å². The van der Waals surface area contributed by atoms with Crippen molar-refractivity contribution in [2.75, 3.05) is 18.0 Å². The van der Waals surface area contributed by atoms with Crippen molar-refractivity contribution in [1.29, 1.82) is 0 Å². The molecule has 2 rings (SSSR count). The van der Waals surface area contributed by atoms with E-state index in [1.54, 1.807) is 12.4 Å². The van der Waals surface area contributed by atoms with Crippen LogP contribution in [0.2, 0.25) is 5.15 Å². The van der Waals surface area contributed by atoms with Gasteiger partial charge in [-0.25, -0.2) is 9.97 Å². The fraction of sp³-hybridized carbons (Fsp3) is 0.636. The third kappa shape index (κ3) is 2.23. The summed E-state index contributed by atoms with van der Waals surface area (Å²) in [4.78, 5) is 10.6. The Hall–Kier alpha value is -0.830. The van der Waals surface area contributed by atoms with Crippen molar-refractivity contribution in [3.05, 3.63) is 17.5 Å². The number of anilines is 1. The molecule has 0 N–H and O–H groups in total. The average Bonchev–Trinajstić information content (AvgIpc) is 2.23. The van der Waals surface area contributed by atoms with E-state index in [9.17, 15) is 0 Å². The molecule has 0 radical (unpaired) electrons. The van der Waals surface area contributed by atoms with E-state index in [0.717, 1.165) is 24.8 Å². The molecule has 0 saturated carbocycles. The topological polar surface area (TPSA) is 29.0 Å². The Balaban J connectivity index is 2.15. The van der Waals surface area contributed by atoms with Crippen molar-refractivity contribution in [2.24, 2.45) is 11.8 Å². The van der Waals surface area contributed by atoms with Crippen LogP contribution in [0.4, 0.5) is 5.82 Å². The first-order valence-corrected chi connectivity index (χ1v) is 5.77. The third-order valence-electron chi connectivity index (χ3n) is 3.27. The molecule has 1 saturated heterocycles. The van der Waals surface area contributed by atoms with Gasteiger partial charge in [-0.15, -0.1) is 0 Å². The van der Waals surface area contributed by atoms with Gasteiger partial charge in [0.25, 0.3) is 0 Å². The lowest BCUT2D eigenvalue weighted by Gasteiger charge is -2.36. The van der Waals surface area contributed by atoms with Gasteiger partial charge in [0.1, 0.15) is 0 Å². The molecule has 1 aromatic rings. The Bertz CT molecular complexity index is 342. The van der Waals surface area contributed by atoms with Gasteiger partial charge in [0.05, 0.1) is 0 Å². The molecule has 1 aromatic heterocycles. The van der Waals surface area contributed by atoms with E-state index < -0.39 is 0 Å². The Morgan fingerprint density at radius 1 is 1.27 bits per heavy atom. The number of aromatic nitrogens is 2. The summed E-state index contributed by atoms with van der Waals surface area (Å²) >= 11 is 6.03. The van der Waals surface area contributed by atoms with Crippen LogP contribution in [0.1, 0.15) is 20.3 Å². The maximum absolute atomic E-state index is 6.03. The zero-order valence-electron chi connectivity index (χ0n) is 9.15. The van der Waals surface area contributed by atoms with Gasteiger partial charge in [-0.1, -0.05) is 25.4 Å². The summed E-state index contributed by atoms with van der Waals surface area (Å²) in [6, 6.07) is 0. The molecule has 82 valence electrons. The van der Waals surface area contributed by atoms with Gasteiger partial charge in [0, 0.05) is 25.5 Å². The van der Waals surface area contributed by atoms with Crippen LogP contribution >= 0.6 is 11.6 Å². The number of halogens is 1. The molecule has 0 aliphatic carbocycles. The largest absolute Gasteiger partial charge is 0.354 e. The molecule has 2 unspecified atom stereocenters. The van der Waals surface area contributed by atoms with Crippen LogP contribution in [0.5, 0.6) is 0 Å². The second-order valence-electron chi connectivity index (χ2n) is 4.36. The van der Waals surface area contributed by atoms with Crippen molar-refractivity contribution in [3.63, 3.8) is 0 Å². The summed E-state index contributed by atoms with van der Waals surface area (Å²) in [5, 5.41) is 0.513. The predicted octanol–water partition coefficient (Wildman–Crippen LogP) is 2.61. The minimum absolute atomic E-state index is 0.513. The maximum atomic E-state index is 6.03. The monoisotopic (exact) mass is 225 g/mol. The molecule has 1 fully saturated rings. The SMILES string of the molecule is CC1CCN(c2nccnc2Cl)CC1C. The van der Waals surface area contributed by atoms with Gasteiger partial charge in [-0.05, 0) is 18.3 Å². The van der Waals surface area contributed by atoms with Crippen LogP contribution in [0.3, 0.4) is 0 Å². The minimum Gasteiger partial charge on any atom is -0.354 e. The Kier molecular flexibility index (Phi) is 3.10. The molecule has 4 heteroatoms. The summed E-state index contributed by atoms with van der Waals surface area (Å²) < 4.78 is 0. The fourth-order valence-electron chi connectivity index (χ4n) is 1.98. The predicted molar refractivity (Wildman–Crippen MR) is 62.2 cm³/mol. The molecule has 0 spiro atoms. The van der Waals surface area contributed by atoms with Crippen LogP contribution in [0.15, 0.2) is 12.4 Å². The van der Waals surface area contributed by atoms with Crippen molar-refractivity contribution in [1.82, 2.24) is 9.97 Å². The second kappa shape index (κ2) is 4.35. The number of piperidine rings is 1. The Labute approximate surface area is 95.5 Å². The quantitative estimate of drug-likeness (QED) is 0.736. The van der Waals surface area contributed by atoms with Crippen molar-refractivity contribution < 1.29 is 0 Å². The molecule has 0 amide bonds. The van der Waals surface area contributed by atoms with E-state index in [1.165, 1.54) is 6.42 Å². The van der Waals surface area contributed by atoms with Crippen LogP contribution in [-0.4, -0.2) is 23.1 Å². The smallest absolute Gasteiger partial charge is 0.171 e. The molecule has 0 bridgehead atoms. The Morgan fingerprint density at radius 2 is 2.00 bits per heavy atom. The molecular formula is C11H16ClN3. The number of nitrogens with zero attached hydrogens (tertiary/aromatic N) is 3. The van der Waals surface area contributed by atoms with Crippen molar-refractivity contribution >= 4 is 17.4 Å². The van der Waals surface area contributed by atoms with Gasteiger partial charge >= 0.3 is 0 Å². The van der Waals surface area contributed by atoms with E-state index in [2.05, 4.69) is 28.7 Å². The summed E-state index contributed by atoms with van der Waals surface area (Å²) in [5.74, 6) is 2.31. The standard InChI is InChI=1S/C11H16ClN3/c1-8-3-6-15(7-9(8)2)11-10(12)13-4-5-14-11/h4-5,8-9H,3,6-7H2,1-2H3. The van der Waals surface area contributed by atoms with Crippen LogP contribution < -0.4 is 4.90 Å². The number of rotatable bonds is 1. The highest BCUT2D eigenvalue weighted by molar-refractivity contribution is 6.31. The van der Waals surface area contributed by atoms with Crippen LogP contribution in [0, 0.1) is 11.8 Å². The normalized spacial score (nSPS) is 26.7. The van der Waals surface area contributed by atoms with Crippen LogP contribution in [-0.2, 0) is 0 Å². The first kappa shape index (κ1) is 10.7. The van der Waals surface area contributed by atoms with Gasteiger partial charge in [-0.3, -0.25) is 0 Å². The van der Waals surface area contributed by atoms with E-state index in [1.807, 2.05) is 0 Å². The zero-order valence-corrected chi connectivity index (χ0v) is 9.91. The lowest BCUT2D eigenvalue weighted by Crippen LogP contribution is -2.39. The highest BCUT2D eigenvalue weighted by atomic mass is 35.5. The molecular weight excluding hydrogens is 210 g/mol. The minimum atomic E-state index is 0.513. The second-order valence-corrected chi connectivity index (χ2v) is 4.72. The van der Waals surface area contributed by atoms with E-state index in [0.29, 0.717) is 11.1 Å². The molecule has 3 nitrogen and oxygen atoms in total. The first-order valence-electron chi connectivity index (χ1n) is 5.40. The molecule has 2 heterocycles. The van der Waals surface area contributed by atoms with Crippen molar-refractivity contribution in [3.8, 4) is 0 Å².